The lowest BCUT2D eigenvalue weighted by molar-refractivity contribution is 0.293. The molecule has 4 nitrogen and oxygen atoms in total. The van der Waals surface area contributed by atoms with Crippen molar-refractivity contribution in [2.75, 3.05) is 0 Å². The molecular formula is C17H17N3OS. The van der Waals surface area contributed by atoms with Gasteiger partial charge in [-0.05, 0) is 55.4 Å². The first-order chi connectivity index (χ1) is 10.7. The molecule has 0 aliphatic rings. The van der Waals surface area contributed by atoms with Gasteiger partial charge in [0.15, 0.2) is 10.6 Å². The van der Waals surface area contributed by atoms with Crippen LogP contribution in [0, 0.1) is 18.6 Å². The highest BCUT2D eigenvalue weighted by Crippen LogP contribution is 2.20. The number of nitrogens with one attached hydrogen (secondary N) is 1. The topological polar surface area (TPSA) is 42.8 Å². The summed E-state index contributed by atoms with van der Waals surface area (Å²) in [5, 5.41) is 7.15. The van der Waals surface area contributed by atoms with Crippen molar-refractivity contribution in [3.63, 3.8) is 0 Å². The zero-order valence-corrected chi connectivity index (χ0v) is 13.4. The lowest BCUT2D eigenvalue weighted by atomic mass is 10.1. The third-order valence-corrected chi connectivity index (χ3v) is 3.94. The summed E-state index contributed by atoms with van der Waals surface area (Å²) < 4.78 is 8.29. The predicted octanol–water partition coefficient (Wildman–Crippen LogP) is 4.13. The van der Waals surface area contributed by atoms with Crippen LogP contribution in [0.15, 0.2) is 48.5 Å². The quantitative estimate of drug-likeness (QED) is 0.737. The second-order valence-corrected chi connectivity index (χ2v) is 5.49. The fourth-order valence-corrected chi connectivity index (χ4v) is 2.57. The summed E-state index contributed by atoms with van der Waals surface area (Å²) in [6.07, 6.45) is 0. The molecule has 0 saturated carbocycles. The first-order valence-corrected chi connectivity index (χ1v) is 7.48. The van der Waals surface area contributed by atoms with Gasteiger partial charge < -0.3 is 4.74 Å². The Morgan fingerprint density at radius 2 is 1.86 bits per heavy atom. The van der Waals surface area contributed by atoms with Gasteiger partial charge in [0.25, 0.3) is 0 Å². The highest BCUT2D eigenvalue weighted by Gasteiger charge is 2.12. The number of rotatable bonds is 4. The number of para-hydroxylation sites is 1. The molecule has 0 saturated heterocycles. The summed E-state index contributed by atoms with van der Waals surface area (Å²) in [5.74, 6) is 1.56. The minimum atomic E-state index is 0.352. The molecule has 0 amide bonds. The van der Waals surface area contributed by atoms with E-state index >= 15 is 0 Å². The molecule has 112 valence electrons. The standard InChI is InChI=1S/C17H17N3OS/c1-12-7-6-10-15(13(12)2)20-16(18-19-17(20)22)11-21-14-8-4-3-5-9-14/h3-10H,11H2,1-2H3,(H,19,22). The fraction of sp³-hybridized carbons (Fsp3) is 0.176. The first kappa shape index (κ1) is 14.5. The van der Waals surface area contributed by atoms with E-state index in [1.54, 1.807) is 0 Å². The molecule has 0 aliphatic heterocycles. The van der Waals surface area contributed by atoms with E-state index in [0.717, 1.165) is 17.3 Å². The zero-order chi connectivity index (χ0) is 15.5. The van der Waals surface area contributed by atoms with Gasteiger partial charge in [-0.25, -0.2) is 0 Å². The Kier molecular flexibility index (Phi) is 4.06. The van der Waals surface area contributed by atoms with Crippen LogP contribution in [0.3, 0.4) is 0 Å². The van der Waals surface area contributed by atoms with Gasteiger partial charge in [0, 0.05) is 0 Å². The number of aryl methyl sites for hydroxylation is 1. The van der Waals surface area contributed by atoms with Crippen molar-refractivity contribution in [3.05, 3.63) is 70.3 Å². The maximum atomic E-state index is 5.79. The normalized spacial score (nSPS) is 10.6. The van der Waals surface area contributed by atoms with Crippen LogP contribution in [-0.2, 0) is 6.61 Å². The molecule has 0 spiro atoms. The Labute approximate surface area is 134 Å². The molecule has 0 aliphatic carbocycles. The average molecular weight is 311 g/mol. The number of ether oxygens (including phenoxy) is 1. The molecule has 0 bridgehead atoms. The number of aromatic nitrogens is 3. The van der Waals surface area contributed by atoms with Gasteiger partial charge in [-0.15, -0.1) is 0 Å². The van der Waals surface area contributed by atoms with E-state index in [1.165, 1.54) is 11.1 Å². The number of hydrogen-bond acceptors (Lipinski definition) is 3. The molecule has 3 aromatic rings. The van der Waals surface area contributed by atoms with Crippen molar-refractivity contribution in [2.24, 2.45) is 0 Å². The van der Waals surface area contributed by atoms with E-state index in [2.05, 4.69) is 30.1 Å². The highest BCUT2D eigenvalue weighted by molar-refractivity contribution is 7.71. The maximum Gasteiger partial charge on any atom is 0.199 e. The van der Waals surface area contributed by atoms with E-state index in [9.17, 15) is 0 Å². The zero-order valence-electron chi connectivity index (χ0n) is 12.5. The second-order valence-electron chi connectivity index (χ2n) is 5.10. The van der Waals surface area contributed by atoms with E-state index in [1.807, 2.05) is 47.0 Å². The molecule has 22 heavy (non-hydrogen) atoms. The van der Waals surface area contributed by atoms with Gasteiger partial charge in [0.1, 0.15) is 12.4 Å². The van der Waals surface area contributed by atoms with Gasteiger partial charge in [0.05, 0.1) is 5.69 Å². The molecule has 0 radical (unpaired) electrons. The Morgan fingerprint density at radius 1 is 1.09 bits per heavy atom. The van der Waals surface area contributed by atoms with E-state index in [4.69, 9.17) is 17.0 Å². The van der Waals surface area contributed by atoms with Crippen LogP contribution in [0.4, 0.5) is 0 Å². The van der Waals surface area contributed by atoms with Gasteiger partial charge in [-0.1, -0.05) is 30.3 Å². The van der Waals surface area contributed by atoms with Crippen LogP contribution in [0.25, 0.3) is 5.69 Å². The van der Waals surface area contributed by atoms with Crippen LogP contribution in [0.5, 0.6) is 5.75 Å². The lowest BCUT2D eigenvalue weighted by Gasteiger charge is -2.12. The SMILES string of the molecule is Cc1cccc(-n2c(COc3ccccc3)n[nH]c2=S)c1C. The van der Waals surface area contributed by atoms with Gasteiger partial charge in [-0.3, -0.25) is 9.67 Å². The monoisotopic (exact) mass is 311 g/mol. The molecule has 2 aromatic carbocycles. The Morgan fingerprint density at radius 3 is 2.64 bits per heavy atom. The Bertz CT molecular complexity index is 837. The van der Waals surface area contributed by atoms with Gasteiger partial charge in [-0.2, -0.15) is 5.10 Å². The van der Waals surface area contributed by atoms with Crippen molar-refractivity contribution in [2.45, 2.75) is 20.5 Å². The summed E-state index contributed by atoms with van der Waals surface area (Å²) in [4.78, 5) is 0. The molecule has 5 heteroatoms. The van der Waals surface area contributed by atoms with E-state index in [0.29, 0.717) is 11.4 Å². The molecule has 0 atom stereocenters. The number of benzene rings is 2. The number of H-pyrrole nitrogens is 1. The van der Waals surface area contributed by atoms with Crippen molar-refractivity contribution in [1.29, 1.82) is 0 Å². The second kappa shape index (κ2) is 6.15. The largest absolute Gasteiger partial charge is 0.486 e. The third-order valence-electron chi connectivity index (χ3n) is 3.67. The average Bonchev–Trinajstić information content (AvgIpc) is 2.90. The predicted molar refractivity (Wildman–Crippen MR) is 89.0 cm³/mol. The summed E-state index contributed by atoms with van der Waals surface area (Å²) in [5.41, 5.74) is 3.43. The molecule has 1 aromatic heterocycles. The smallest absolute Gasteiger partial charge is 0.199 e. The highest BCUT2D eigenvalue weighted by atomic mass is 32.1. The van der Waals surface area contributed by atoms with Gasteiger partial charge in [0.2, 0.25) is 0 Å². The fourth-order valence-electron chi connectivity index (χ4n) is 2.32. The summed E-state index contributed by atoms with van der Waals surface area (Å²) in [6.45, 7) is 4.52. The molecule has 1 heterocycles. The van der Waals surface area contributed by atoms with Crippen LogP contribution >= 0.6 is 12.2 Å². The molecular weight excluding hydrogens is 294 g/mol. The van der Waals surface area contributed by atoms with Crippen molar-refractivity contribution in [1.82, 2.24) is 14.8 Å². The van der Waals surface area contributed by atoms with Crippen LogP contribution < -0.4 is 4.74 Å². The molecule has 0 fully saturated rings. The minimum absolute atomic E-state index is 0.352. The van der Waals surface area contributed by atoms with Crippen molar-refractivity contribution in [3.8, 4) is 11.4 Å². The molecule has 0 unspecified atom stereocenters. The summed E-state index contributed by atoms with van der Waals surface area (Å²) >= 11 is 5.38. The van der Waals surface area contributed by atoms with Crippen LogP contribution in [-0.4, -0.2) is 14.8 Å². The summed E-state index contributed by atoms with van der Waals surface area (Å²) in [7, 11) is 0. The number of hydrogen-bond donors (Lipinski definition) is 1. The number of aromatic amines is 1. The lowest BCUT2D eigenvalue weighted by Crippen LogP contribution is -2.07. The van der Waals surface area contributed by atoms with Crippen LogP contribution in [0.2, 0.25) is 0 Å². The Balaban J connectivity index is 1.94. The van der Waals surface area contributed by atoms with Crippen molar-refractivity contribution >= 4 is 12.2 Å². The molecule has 3 rings (SSSR count). The third kappa shape index (κ3) is 2.80. The Hall–Kier alpha value is -2.40. The first-order valence-electron chi connectivity index (χ1n) is 7.07. The minimum Gasteiger partial charge on any atom is -0.486 e. The van der Waals surface area contributed by atoms with E-state index < -0.39 is 0 Å². The number of nitrogens with zero attached hydrogens (tertiary/aromatic N) is 2. The van der Waals surface area contributed by atoms with Gasteiger partial charge >= 0.3 is 0 Å². The van der Waals surface area contributed by atoms with E-state index in [-0.39, 0.29) is 0 Å². The van der Waals surface area contributed by atoms with Crippen molar-refractivity contribution < 1.29 is 4.74 Å². The maximum absolute atomic E-state index is 5.79. The molecule has 1 N–H and O–H groups in total. The van der Waals surface area contributed by atoms with Crippen LogP contribution in [0.1, 0.15) is 17.0 Å². The summed E-state index contributed by atoms with van der Waals surface area (Å²) in [6, 6.07) is 15.8.